The Morgan fingerprint density at radius 3 is 1.50 bits per heavy atom. The Bertz CT molecular complexity index is 765. The van der Waals surface area contributed by atoms with Crippen molar-refractivity contribution in [3.05, 3.63) is 59.2 Å². The van der Waals surface area contributed by atoms with Crippen LogP contribution in [0.5, 0.6) is 11.5 Å². The molecule has 0 bridgehead atoms. The first-order valence-corrected chi connectivity index (χ1v) is 7.50. The third kappa shape index (κ3) is 4.76. The lowest BCUT2D eigenvalue weighted by atomic mass is 10.2. The van der Waals surface area contributed by atoms with Crippen molar-refractivity contribution < 1.29 is 18.3 Å². The van der Waals surface area contributed by atoms with Crippen LogP contribution in [0.2, 0.25) is 0 Å². The third-order valence-electron chi connectivity index (χ3n) is 2.94. The predicted octanol–water partition coefficient (Wildman–Crippen LogP) is 4.17. The normalized spacial score (nSPS) is 9.33. The fraction of sp³-hybridized carbons (Fsp3) is 0.200. The molecule has 0 fully saturated rings. The zero-order chi connectivity index (χ0) is 17.4. The molecule has 24 heavy (non-hydrogen) atoms. The number of rotatable bonds is 4. The number of ether oxygens (including phenoxy) is 2. The Morgan fingerprint density at radius 1 is 0.750 bits per heavy atom. The molecule has 0 aromatic heterocycles. The van der Waals surface area contributed by atoms with Crippen molar-refractivity contribution in [1.29, 1.82) is 0 Å². The van der Waals surface area contributed by atoms with Gasteiger partial charge in [-0.1, -0.05) is 11.8 Å². The van der Waals surface area contributed by atoms with Crippen molar-refractivity contribution in [2.45, 2.75) is 13.8 Å². The lowest BCUT2D eigenvalue weighted by molar-refractivity contribution is 0.321. The second-order valence-corrected chi connectivity index (χ2v) is 4.66. The zero-order valence-electron chi connectivity index (χ0n) is 13.5. The van der Waals surface area contributed by atoms with Crippen LogP contribution in [-0.4, -0.2) is 13.2 Å². The summed E-state index contributed by atoms with van der Waals surface area (Å²) in [5.41, 5.74) is 0.978. The summed E-state index contributed by atoms with van der Waals surface area (Å²) in [6.45, 7) is 4.36. The molecule has 0 N–H and O–H groups in total. The molecule has 2 nitrogen and oxygen atoms in total. The number of halogens is 2. The summed E-state index contributed by atoms with van der Waals surface area (Å²) in [7, 11) is 0. The van der Waals surface area contributed by atoms with Crippen molar-refractivity contribution in [3.8, 4) is 35.2 Å². The van der Waals surface area contributed by atoms with Crippen LogP contribution < -0.4 is 9.47 Å². The first-order valence-electron chi connectivity index (χ1n) is 7.50. The molecule has 0 aliphatic carbocycles. The van der Waals surface area contributed by atoms with E-state index in [1.54, 1.807) is 26.0 Å². The molecule has 0 aliphatic heterocycles. The van der Waals surface area contributed by atoms with Crippen molar-refractivity contribution in [2.24, 2.45) is 0 Å². The summed E-state index contributed by atoms with van der Waals surface area (Å²) in [5.74, 6) is 10.2. The summed E-state index contributed by atoms with van der Waals surface area (Å²) in [6.07, 6.45) is 0. The van der Waals surface area contributed by atoms with Gasteiger partial charge in [-0.25, -0.2) is 8.78 Å². The number of hydrogen-bond donors (Lipinski definition) is 0. The molecule has 0 heterocycles. The summed E-state index contributed by atoms with van der Waals surface area (Å²) in [4.78, 5) is 0. The molecule has 0 aliphatic rings. The second kappa shape index (κ2) is 8.60. The molecule has 4 heteroatoms. The molecule has 2 aromatic carbocycles. The van der Waals surface area contributed by atoms with Gasteiger partial charge < -0.3 is 9.47 Å². The van der Waals surface area contributed by atoms with E-state index in [4.69, 9.17) is 9.47 Å². The van der Waals surface area contributed by atoms with Gasteiger partial charge in [0.1, 0.15) is 0 Å². The highest BCUT2D eigenvalue weighted by Crippen LogP contribution is 2.18. The van der Waals surface area contributed by atoms with Gasteiger partial charge in [-0.05, 0) is 62.1 Å². The monoisotopic (exact) mass is 326 g/mol. The lowest BCUT2D eigenvalue weighted by Gasteiger charge is -2.03. The molecule has 122 valence electrons. The van der Waals surface area contributed by atoms with Gasteiger partial charge in [0.25, 0.3) is 0 Å². The van der Waals surface area contributed by atoms with E-state index in [-0.39, 0.29) is 11.5 Å². The molecular formula is C20H16F2O2. The first-order chi connectivity index (χ1) is 11.6. The Hall–Kier alpha value is -2.98. The van der Waals surface area contributed by atoms with Crippen LogP contribution in [0, 0.1) is 35.3 Å². The topological polar surface area (TPSA) is 18.5 Å². The fourth-order valence-corrected chi connectivity index (χ4v) is 1.91. The van der Waals surface area contributed by atoms with E-state index in [2.05, 4.69) is 23.7 Å². The van der Waals surface area contributed by atoms with Crippen LogP contribution >= 0.6 is 0 Å². The van der Waals surface area contributed by atoms with Crippen molar-refractivity contribution in [3.63, 3.8) is 0 Å². The number of hydrogen-bond acceptors (Lipinski definition) is 2. The van der Waals surface area contributed by atoms with Crippen LogP contribution in [0.4, 0.5) is 8.78 Å². The van der Waals surface area contributed by atoms with E-state index in [1.807, 2.05) is 0 Å². The van der Waals surface area contributed by atoms with Crippen LogP contribution in [-0.2, 0) is 0 Å². The lowest BCUT2D eigenvalue weighted by Crippen LogP contribution is -1.94. The maximum Gasteiger partial charge on any atom is 0.166 e. The van der Waals surface area contributed by atoms with Gasteiger partial charge in [0, 0.05) is 11.1 Å². The highest BCUT2D eigenvalue weighted by Gasteiger charge is 2.03. The van der Waals surface area contributed by atoms with Gasteiger partial charge in [0.15, 0.2) is 23.1 Å². The fourth-order valence-electron chi connectivity index (χ4n) is 1.91. The summed E-state index contributed by atoms with van der Waals surface area (Å²) in [6, 6.07) is 8.93. The van der Waals surface area contributed by atoms with E-state index in [0.717, 1.165) is 0 Å². The Labute approximate surface area is 140 Å². The van der Waals surface area contributed by atoms with Gasteiger partial charge in [-0.15, -0.1) is 0 Å². The van der Waals surface area contributed by atoms with Crippen LogP contribution in [0.1, 0.15) is 25.0 Å². The van der Waals surface area contributed by atoms with Crippen LogP contribution in [0.15, 0.2) is 36.4 Å². The van der Waals surface area contributed by atoms with Crippen LogP contribution in [0.25, 0.3) is 0 Å². The zero-order valence-corrected chi connectivity index (χ0v) is 13.5. The van der Waals surface area contributed by atoms with E-state index in [0.29, 0.717) is 24.3 Å². The van der Waals surface area contributed by atoms with E-state index >= 15 is 0 Å². The molecule has 2 aromatic rings. The average Bonchev–Trinajstić information content (AvgIpc) is 2.56. The van der Waals surface area contributed by atoms with Gasteiger partial charge in [-0.3, -0.25) is 0 Å². The van der Waals surface area contributed by atoms with Crippen LogP contribution in [0.3, 0.4) is 0 Å². The Kier molecular flexibility index (Phi) is 6.23. The van der Waals surface area contributed by atoms with E-state index in [1.165, 1.54) is 24.3 Å². The quantitative estimate of drug-likeness (QED) is 0.785. The van der Waals surface area contributed by atoms with Crippen molar-refractivity contribution >= 4 is 0 Å². The largest absolute Gasteiger partial charge is 0.491 e. The van der Waals surface area contributed by atoms with Gasteiger partial charge in [0.2, 0.25) is 0 Å². The summed E-state index contributed by atoms with van der Waals surface area (Å²) < 4.78 is 37.6. The molecule has 0 atom stereocenters. The van der Waals surface area contributed by atoms with Crippen molar-refractivity contribution in [2.75, 3.05) is 13.2 Å². The molecule has 0 spiro atoms. The number of benzene rings is 2. The molecule has 0 amide bonds. The highest BCUT2D eigenvalue weighted by molar-refractivity contribution is 5.46. The Balaban J connectivity index is 2.10. The van der Waals surface area contributed by atoms with E-state index < -0.39 is 11.6 Å². The second-order valence-electron chi connectivity index (χ2n) is 4.66. The smallest absolute Gasteiger partial charge is 0.166 e. The molecule has 0 radical (unpaired) electrons. The van der Waals surface area contributed by atoms with Gasteiger partial charge in [-0.2, -0.15) is 0 Å². The van der Waals surface area contributed by atoms with E-state index in [9.17, 15) is 8.78 Å². The molecule has 0 saturated heterocycles. The maximum absolute atomic E-state index is 13.7. The highest BCUT2D eigenvalue weighted by atomic mass is 19.1. The van der Waals surface area contributed by atoms with Crippen molar-refractivity contribution in [1.82, 2.24) is 0 Å². The minimum Gasteiger partial charge on any atom is -0.491 e. The maximum atomic E-state index is 13.7. The molecular weight excluding hydrogens is 310 g/mol. The molecule has 2 rings (SSSR count). The first kappa shape index (κ1) is 17.4. The van der Waals surface area contributed by atoms with Gasteiger partial charge >= 0.3 is 0 Å². The Morgan fingerprint density at radius 2 is 1.17 bits per heavy atom. The molecule has 0 saturated carbocycles. The standard InChI is InChI=1S/C20H16F2O2/c1-3-23-19-11-9-15(13-17(19)21)7-5-6-8-16-10-12-20(24-4-2)18(22)14-16/h9-14H,3-4H2,1-2H3. The predicted molar refractivity (Wildman–Crippen MR) is 88.9 cm³/mol. The average molecular weight is 326 g/mol. The summed E-state index contributed by atoms with van der Waals surface area (Å²) in [5, 5.41) is 0. The minimum atomic E-state index is -0.467. The third-order valence-corrected chi connectivity index (χ3v) is 2.94. The molecule has 0 unspecified atom stereocenters. The minimum absolute atomic E-state index is 0.194. The summed E-state index contributed by atoms with van der Waals surface area (Å²) >= 11 is 0. The SMILES string of the molecule is CCOc1ccc(C#CC#Cc2ccc(OCC)c(F)c2)cc1F. The van der Waals surface area contributed by atoms with Gasteiger partial charge in [0.05, 0.1) is 13.2 Å².